The van der Waals surface area contributed by atoms with Gasteiger partial charge in [0, 0.05) is 34.2 Å². The van der Waals surface area contributed by atoms with Crippen LogP contribution in [0.1, 0.15) is 107 Å². The van der Waals surface area contributed by atoms with Crippen LogP contribution in [-0.2, 0) is 24.7 Å². The van der Waals surface area contributed by atoms with Crippen LogP contribution in [0.3, 0.4) is 0 Å². The zero-order chi connectivity index (χ0) is 39.6. The molecule has 2 atom stereocenters. The van der Waals surface area contributed by atoms with Crippen LogP contribution in [0.2, 0.25) is 0 Å². The summed E-state index contributed by atoms with van der Waals surface area (Å²) in [6.07, 6.45) is 19.5. The highest BCUT2D eigenvalue weighted by molar-refractivity contribution is 5.85. The van der Waals surface area contributed by atoms with Crippen molar-refractivity contribution in [1.29, 1.82) is 0 Å². The smallest absolute Gasteiger partial charge is 0.0580 e. The molecule has 0 aromatic heterocycles. The second-order valence-electron chi connectivity index (χ2n) is 18.0. The predicted octanol–water partition coefficient (Wildman–Crippen LogP) is 14.4. The summed E-state index contributed by atoms with van der Waals surface area (Å²) in [6.45, 7) is 18.8. The van der Waals surface area contributed by atoms with Crippen molar-refractivity contribution in [2.75, 3.05) is 9.80 Å². The fraction of sp³-hybridized carbons (Fsp3) is 0.309. The summed E-state index contributed by atoms with van der Waals surface area (Å²) in [6, 6.07) is 37.9. The Bertz CT molecular complexity index is 2520. The van der Waals surface area contributed by atoms with Crippen molar-refractivity contribution < 1.29 is 0 Å². The van der Waals surface area contributed by atoms with Gasteiger partial charge in [0.1, 0.15) is 0 Å². The molecule has 0 fully saturated rings. The standard InChI is InChI=1S/C55H58N2/c1-9-40-32-38(21-26-46(40)47-28-24-43(34-41(47)10-2)56-37(4)18-23-42-15-11-12-16-52(42)56)19-20-39-22-27-48-49-29-25-44(35-51(49)55(7,8)50(48)33-39)57-53-17-13-14-36(3)45(53)30-31-54(57,5)6/h11-13,15-17,19-22,24-37H,9-10,14,18,23H2,1-8H3. The maximum atomic E-state index is 2.56. The fourth-order valence-corrected chi connectivity index (χ4v) is 10.3. The number of para-hydroxylation sites is 1. The van der Waals surface area contributed by atoms with E-state index >= 15 is 0 Å². The van der Waals surface area contributed by atoms with Crippen molar-refractivity contribution in [2.24, 2.45) is 5.92 Å². The Hall–Kier alpha value is -5.34. The minimum absolute atomic E-state index is 0.105. The number of aryl methyl sites for hydroxylation is 3. The van der Waals surface area contributed by atoms with Gasteiger partial charge in [-0.15, -0.1) is 0 Å². The number of rotatable bonds is 7. The maximum absolute atomic E-state index is 2.56. The third kappa shape index (κ3) is 6.33. The van der Waals surface area contributed by atoms with Gasteiger partial charge in [-0.25, -0.2) is 0 Å². The number of hydrogen-bond donors (Lipinski definition) is 0. The van der Waals surface area contributed by atoms with Crippen LogP contribution < -0.4 is 9.80 Å². The lowest BCUT2D eigenvalue weighted by Crippen LogP contribution is -2.44. The van der Waals surface area contributed by atoms with Gasteiger partial charge < -0.3 is 9.80 Å². The first-order chi connectivity index (χ1) is 27.5. The summed E-state index contributed by atoms with van der Waals surface area (Å²) in [5.41, 5.74) is 21.5. The Labute approximate surface area is 342 Å². The van der Waals surface area contributed by atoms with E-state index in [0.29, 0.717) is 12.0 Å². The molecule has 5 aromatic carbocycles. The van der Waals surface area contributed by atoms with Gasteiger partial charge in [0.25, 0.3) is 0 Å². The highest BCUT2D eigenvalue weighted by Gasteiger charge is 2.38. The molecule has 2 heterocycles. The zero-order valence-corrected chi connectivity index (χ0v) is 35.3. The van der Waals surface area contributed by atoms with Gasteiger partial charge in [0.05, 0.1) is 5.54 Å². The highest BCUT2D eigenvalue weighted by Crippen LogP contribution is 2.51. The Morgan fingerprint density at radius 3 is 2.05 bits per heavy atom. The normalized spacial score (nSPS) is 20.1. The average Bonchev–Trinajstić information content (AvgIpc) is 3.44. The summed E-state index contributed by atoms with van der Waals surface area (Å²) in [7, 11) is 0. The van der Waals surface area contributed by atoms with Crippen LogP contribution in [0.15, 0.2) is 133 Å². The van der Waals surface area contributed by atoms with Crippen LogP contribution >= 0.6 is 0 Å². The van der Waals surface area contributed by atoms with E-state index in [1.54, 1.807) is 0 Å². The van der Waals surface area contributed by atoms with Crippen LogP contribution in [0.4, 0.5) is 17.1 Å². The highest BCUT2D eigenvalue weighted by atomic mass is 15.2. The molecule has 9 rings (SSSR count). The Kier molecular flexibility index (Phi) is 9.31. The molecule has 288 valence electrons. The van der Waals surface area contributed by atoms with E-state index in [-0.39, 0.29) is 11.0 Å². The second-order valence-corrected chi connectivity index (χ2v) is 18.0. The molecule has 0 saturated carbocycles. The minimum atomic E-state index is -0.111. The molecule has 2 aliphatic carbocycles. The molecule has 0 amide bonds. The Balaban J connectivity index is 0.983. The quantitative estimate of drug-likeness (QED) is 0.153. The van der Waals surface area contributed by atoms with Crippen LogP contribution in [0.5, 0.6) is 0 Å². The topological polar surface area (TPSA) is 6.48 Å². The van der Waals surface area contributed by atoms with E-state index in [2.05, 4.69) is 199 Å². The van der Waals surface area contributed by atoms with E-state index in [9.17, 15) is 0 Å². The summed E-state index contributed by atoms with van der Waals surface area (Å²) in [5, 5.41) is 0. The summed E-state index contributed by atoms with van der Waals surface area (Å²) in [5.74, 6) is 0.535. The molecule has 2 unspecified atom stereocenters. The number of allylic oxidation sites excluding steroid dienone is 4. The van der Waals surface area contributed by atoms with Gasteiger partial charge in [-0.3, -0.25) is 0 Å². The van der Waals surface area contributed by atoms with Gasteiger partial charge in [0.15, 0.2) is 0 Å². The molecule has 4 aliphatic rings. The van der Waals surface area contributed by atoms with E-state index < -0.39 is 0 Å². The van der Waals surface area contributed by atoms with Gasteiger partial charge in [0.2, 0.25) is 0 Å². The first-order valence-electron chi connectivity index (χ1n) is 21.5. The van der Waals surface area contributed by atoms with Gasteiger partial charge in [-0.2, -0.15) is 0 Å². The van der Waals surface area contributed by atoms with Crippen molar-refractivity contribution >= 4 is 29.2 Å². The zero-order valence-electron chi connectivity index (χ0n) is 35.3. The molecule has 57 heavy (non-hydrogen) atoms. The summed E-state index contributed by atoms with van der Waals surface area (Å²) >= 11 is 0. The SMILES string of the molecule is CCc1cc(C=Cc2ccc3c(c2)C(C)(C)c2cc(N4C5=C(C=CC4(C)C)C(C)CC=C5)ccc2-3)ccc1-c1ccc(N2c3ccccc3CCC2C)cc1CC. The van der Waals surface area contributed by atoms with Crippen molar-refractivity contribution in [3.8, 4) is 22.3 Å². The van der Waals surface area contributed by atoms with Gasteiger partial charge >= 0.3 is 0 Å². The first-order valence-corrected chi connectivity index (χ1v) is 21.5. The first kappa shape index (κ1) is 37.2. The molecular weight excluding hydrogens is 689 g/mol. The van der Waals surface area contributed by atoms with Crippen molar-refractivity contribution in [3.05, 3.63) is 172 Å². The molecule has 0 spiro atoms. The number of nitrogens with zero attached hydrogens (tertiary/aromatic N) is 2. The molecule has 5 aromatic rings. The summed E-state index contributed by atoms with van der Waals surface area (Å²) in [4.78, 5) is 5.12. The number of fused-ring (bicyclic) bond motifs is 4. The number of hydrogen-bond acceptors (Lipinski definition) is 2. The largest absolute Gasteiger partial charge is 0.338 e. The van der Waals surface area contributed by atoms with Crippen molar-refractivity contribution in [1.82, 2.24) is 0 Å². The molecule has 0 radical (unpaired) electrons. The Morgan fingerprint density at radius 2 is 1.30 bits per heavy atom. The predicted molar refractivity (Wildman–Crippen MR) is 246 cm³/mol. The molecule has 2 nitrogen and oxygen atoms in total. The van der Waals surface area contributed by atoms with Gasteiger partial charge in [-0.1, -0.05) is 132 Å². The van der Waals surface area contributed by atoms with E-state index in [0.717, 1.165) is 25.7 Å². The van der Waals surface area contributed by atoms with E-state index in [1.807, 2.05) is 0 Å². The van der Waals surface area contributed by atoms with Crippen LogP contribution in [-0.4, -0.2) is 11.6 Å². The number of anilines is 3. The maximum Gasteiger partial charge on any atom is 0.0580 e. The third-order valence-corrected chi connectivity index (χ3v) is 13.6. The summed E-state index contributed by atoms with van der Waals surface area (Å²) < 4.78 is 0. The third-order valence-electron chi connectivity index (χ3n) is 13.6. The minimum Gasteiger partial charge on any atom is -0.338 e. The lowest BCUT2D eigenvalue weighted by Gasteiger charge is -2.44. The van der Waals surface area contributed by atoms with E-state index in [1.165, 1.54) is 96.0 Å². The molecular formula is C55H58N2. The molecule has 0 bridgehead atoms. The van der Waals surface area contributed by atoms with Crippen LogP contribution in [0, 0.1) is 5.92 Å². The monoisotopic (exact) mass is 746 g/mol. The van der Waals surface area contributed by atoms with Crippen molar-refractivity contribution in [2.45, 2.75) is 104 Å². The van der Waals surface area contributed by atoms with Crippen molar-refractivity contribution in [3.63, 3.8) is 0 Å². The molecule has 2 aliphatic heterocycles. The lowest BCUT2D eigenvalue weighted by atomic mass is 9.81. The average molecular weight is 747 g/mol. The number of benzene rings is 5. The molecule has 0 N–H and O–H groups in total. The van der Waals surface area contributed by atoms with Gasteiger partial charge in [-0.05, 0) is 162 Å². The van der Waals surface area contributed by atoms with Crippen LogP contribution in [0.25, 0.3) is 34.4 Å². The fourth-order valence-electron chi connectivity index (χ4n) is 10.3. The molecule has 2 heteroatoms. The lowest BCUT2D eigenvalue weighted by molar-refractivity contribution is 0.575. The molecule has 0 saturated heterocycles. The second kappa shape index (κ2) is 14.2. The van der Waals surface area contributed by atoms with E-state index in [4.69, 9.17) is 0 Å². The Morgan fingerprint density at radius 1 is 0.667 bits per heavy atom.